The van der Waals surface area contributed by atoms with E-state index in [1.807, 2.05) is 0 Å². The zero-order chi connectivity index (χ0) is 55.7. The second kappa shape index (κ2) is 64.9. The molecule has 0 amide bonds. The summed E-state index contributed by atoms with van der Waals surface area (Å²) in [6.07, 6.45) is 87.2. The Hall–Kier alpha value is -3.67. The third-order valence-corrected chi connectivity index (χ3v) is 14.0. The van der Waals surface area contributed by atoms with Gasteiger partial charge in [0, 0.05) is 19.3 Å². The van der Waals surface area contributed by atoms with Crippen molar-refractivity contribution in [3.63, 3.8) is 0 Å². The largest absolute Gasteiger partial charge is 0.462 e. The average molecular weight is 1070 g/mol. The summed E-state index contributed by atoms with van der Waals surface area (Å²) < 4.78 is 16.9. The van der Waals surface area contributed by atoms with Crippen LogP contribution in [-0.2, 0) is 28.6 Å². The number of allylic oxidation sites excluding steroid dienone is 16. The summed E-state index contributed by atoms with van der Waals surface area (Å²) in [5.41, 5.74) is 0. The van der Waals surface area contributed by atoms with Gasteiger partial charge in [0.25, 0.3) is 0 Å². The Morgan fingerprint density at radius 2 is 0.506 bits per heavy atom. The first-order valence-corrected chi connectivity index (χ1v) is 32.7. The molecule has 0 aromatic heterocycles. The van der Waals surface area contributed by atoms with Gasteiger partial charge in [-0.25, -0.2) is 0 Å². The van der Waals surface area contributed by atoms with Crippen LogP contribution in [0.25, 0.3) is 0 Å². The molecule has 77 heavy (non-hydrogen) atoms. The average Bonchev–Trinajstić information content (AvgIpc) is 3.43. The first kappa shape index (κ1) is 73.3. The molecule has 6 heteroatoms. The van der Waals surface area contributed by atoms with Crippen LogP contribution in [0.1, 0.15) is 316 Å². The topological polar surface area (TPSA) is 78.9 Å². The second-order valence-electron chi connectivity index (χ2n) is 21.6. The molecule has 0 aliphatic heterocycles. The van der Waals surface area contributed by atoms with E-state index < -0.39 is 6.10 Å². The van der Waals surface area contributed by atoms with Crippen molar-refractivity contribution in [2.24, 2.45) is 0 Å². The molecule has 0 heterocycles. The van der Waals surface area contributed by atoms with Crippen molar-refractivity contribution in [3.8, 4) is 0 Å². The quantitative estimate of drug-likeness (QED) is 0.0261. The summed E-state index contributed by atoms with van der Waals surface area (Å²) in [6.45, 7) is 6.48. The highest BCUT2D eigenvalue weighted by atomic mass is 16.6. The van der Waals surface area contributed by atoms with Crippen LogP contribution in [0.3, 0.4) is 0 Å². The summed E-state index contributed by atoms with van der Waals surface area (Å²) in [4.78, 5) is 38.2. The van der Waals surface area contributed by atoms with Crippen molar-refractivity contribution >= 4 is 17.9 Å². The highest BCUT2D eigenvalue weighted by molar-refractivity contribution is 5.71. The van der Waals surface area contributed by atoms with Gasteiger partial charge in [0.15, 0.2) is 6.10 Å². The van der Waals surface area contributed by atoms with Gasteiger partial charge in [-0.2, -0.15) is 0 Å². The first-order chi connectivity index (χ1) is 38.0. The lowest BCUT2D eigenvalue weighted by Gasteiger charge is -2.18. The number of rotatable bonds is 59. The molecule has 6 nitrogen and oxygen atoms in total. The minimum Gasteiger partial charge on any atom is -0.462 e. The zero-order valence-corrected chi connectivity index (χ0v) is 50.7. The Morgan fingerprint density at radius 1 is 0.273 bits per heavy atom. The van der Waals surface area contributed by atoms with Crippen molar-refractivity contribution in [2.45, 2.75) is 322 Å². The Kier molecular flexibility index (Phi) is 61.8. The van der Waals surface area contributed by atoms with E-state index in [-0.39, 0.29) is 37.5 Å². The summed E-state index contributed by atoms with van der Waals surface area (Å²) >= 11 is 0. The van der Waals surface area contributed by atoms with Crippen LogP contribution in [0, 0.1) is 0 Å². The molecule has 0 saturated heterocycles. The number of hydrogen-bond acceptors (Lipinski definition) is 6. The fourth-order valence-electron chi connectivity index (χ4n) is 9.14. The van der Waals surface area contributed by atoms with Gasteiger partial charge in [-0.15, -0.1) is 0 Å². The van der Waals surface area contributed by atoms with Crippen LogP contribution >= 0.6 is 0 Å². The third kappa shape index (κ3) is 63.0. The SMILES string of the molecule is CC/C=C\C/C=C\C/C=C\C/C=C\CCCCC(=O)OC(COC(=O)CCCCCCC/C=C\CCCCCC)COC(=O)CCCCCCCCCCCCCCCCCC/C=C\C/C=C\C/C=C\CCCCCCC. The van der Waals surface area contributed by atoms with Crippen molar-refractivity contribution < 1.29 is 28.6 Å². The van der Waals surface area contributed by atoms with E-state index in [1.54, 1.807) is 0 Å². The minimum atomic E-state index is -0.803. The fraction of sp³-hybridized carbons (Fsp3) is 0.732. The molecule has 0 saturated carbocycles. The van der Waals surface area contributed by atoms with Crippen LogP contribution in [0.15, 0.2) is 97.2 Å². The Labute approximate surface area is 477 Å². The van der Waals surface area contributed by atoms with E-state index >= 15 is 0 Å². The molecule has 0 aliphatic carbocycles. The molecule has 0 radical (unpaired) electrons. The number of carbonyl (C=O) groups excluding carboxylic acids is 3. The lowest BCUT2D eigenvalue weighted by atomic mass is 10.0. The fourth-order valence-corrected chi connectivity index (χ4v) is 9.14. The molecule has 0 fully saturated rings. The van der Waals surface area contributed by atoms with Gasteiger partial charge >= 0.3 is 17.9 Å². The number of unbranched alkanes of at least 4 members (excludes halogenated alkanes) is 32. The number of carbonyl (C=O) groups is 3. The molecule has 0 N–H and O–H groups in total. The van der Waals surface area contributed by atoms with Crippen molar-refractivity contribution in [1.29, 1.82) is 0 Å². The lowest BCUT2D eigenvalue weighted by molar-refractivity contribution is -0.167. The van der Waals surface area contributed by atoms with Crippen LogP contribution in [0.2, 0.25) is 0 Å². The highest BCUT2D eigenvalue weighted by Crippen LogP contribution is 2.16. The van der Waals surface area contributed by atoms with Crippen LogP contribution < -0.4 is 0 Å². The van der Waals surface area contributed by atoms with Gasteiger partial charge in [0.2, 0.25) is 0 Å². The predicted octanol–water partition coefficient (Wildman–Crippen LogP) is 22.4. The molecule has 0 rings (SSSR count). The van der Waals surface area contributed by atoms with E-state index in [0.29, 0.717) is 19.3 Å². The zero-order valence-electron chi connectivity index (χ0n) is 50.7. The molecule has 0 aromatic carbocycles. The summed E-state index contributed by atoms with van der Waals surface area (Å²) in [5.74, 6) is -0.938. The van der Waals surface area contributed by atoms with Crippen molar-refractivity contribution in [1.82, 2.24) is 0 Å². The Morgan fingerprint density at radius 3 is 0.844 bits per heavy atom. The van der Waals surface area contributed by atoms with Gasteiger partial charge < -0.3 is 14.2 Å². The van der Waals surface area contributed by atoms with E-state index in [9.17, 15) is 14.4 Å². The van der Waals surface area contributed by atoms with Crippen molar-refractivity contribution in [3.05, 3.63) is 97.2 Å². The Bertz CT molecular complexity index is 1510. The lowest BCUT2D eigenvalue weighted by Crippen LogP contribution is -2.30. The third-order valence-electron chi connectivity index (χ3n) is 14.0. The maximum Gasteiger partial charge on any atom is 0.306 e. The smallest absolute Gasteiger partial charge is 0.306 e. The van der Waals surface area contributed by atoms with E-state index in [4.69, 9.17) is 14.2 Å². The van der Waals surface area contributed by atoms with Gasteiger partial charge in [-0.05, 0) is 122 Å². The van der Waals surface area contributed by atoms with E-state index in [0.717, 1.165) is 96.3 Å². The highest BCUT2D eigenvalue weighted by Gasteiger charge is 2.19. The van der Waals surface area contributed by atoms with E-state index in [2.05, 4.69) is 118 Å². The maximum atomic E-state index is 12.9. The van der Waals surface area contributed by atoms with E-state index in [1.165, 1.54) is 173 Å². The molecular weight excluding hydrogens is 949 g/mol. The second-order valence-corrected chi connectivity index (χ2v) is 21.6. The van der Waals surface area contributed by atoms with Gasteiger partial charge in [-0.1, -0.05) is 272 Å². The number of ether oxygens (including phenoxy) is 3. The predicted molar refractivity (Wildman–Crippen MR) is 334 cm³/mol. The normalized spacial score (nSPS) is 12.7. The molecule has 1 unspecified atom stereocenters. The molecule has 0 spiro atoms. The molecule has 442 valence electrons. The van der Waals surface area contributed by atoms with Crippen molar-refractivity contribution in [2.75, 3.05) is 13.2 Å². The maximum absolute atomic E-state index is 12.9. The first-order valence-electron chi connectivity index (χ1n) is 32.7. The van der Waals surface area contributed by atoms with Gasteiger partial charge in [0.1, 0.15) is 13.2 Å². The molecular formula is C71H122O6. The summed E-state index contributed by atoms with van der Waals surface area (Å²) in [5, 5.41) is 0. The monoisotopic (exact) mass is 1070 g/mol. The number of esters is 3. The molecule has 0 aromatic rings. The molecule has 1 atom stereocenters. The molecule has 0 bridgehead atoms. The minimum absolute atomic E-state index is 0.0954. The molecule has 0 aliphatic rings. The van der Waals surface area contributed by atoms with Gasteiger partial charge in [0.05, 0.1) is 0 Å². The standard InChI is InChI=1S/C71H122O6/c1-4-7-10-13-16-19-22-25-27-28-29-30-31-32-33-34-35-36-37-38-39-40-41-42-44-46-49-52-55-58-61-64-70(73)76-67-68(66-75-69(72)63-60-57-54-51-48-45-24-21-18-15-12-9-6-3)77-71(74)65-62-59-56-53-50-47-43-26-23-20-17-14-11-8-5-2/h8,11,17,20-22,24-26,28-29,31-32,43,50,53,68H,4-7,9-10,12-16,18-19,23,27,30,33-42,44-49,51-52,54-67H2,1-3H3/b11-8-,20-17-,24-21-,25-22-,29-28-,32-31-,43-26-,53-50-. The van der Waals surface area contributed by atoms with Crippen LogP contribution in [-0.4, -0.2) is 37.2 Å². The summed E-state index contributed by atoms with van der Waals surface area (Å²) in [7, 11) is 0. The van der Waals surface area contributed by atoms with Crippen LogP contribution in [0.4, 0.5) is 0 Å². The van der Waals surface area contributed by atoms with Crippen LogP contribution in [0.5, 0.6) is 0 Å². The van der Waals surface area contributed by atoms with Gasteiger partial charge in [-0.3, -0.25) is 14.4 Å². The summed E-state index contributed by atoms with van der Waals surface area (Å²) in [6, 6.07) is 0. The Balaban J connectivity index is 4.22. The number of hydrogen-bond donors (Lipinski definition) is 0.